The van der Waals surface area contributed by atoms with Gasteiger partial charge in [0.15, 0.2) is 17.9 Å². The molecule has 152 valence electrons. The Kier molecular flexibility index (Phi) is 5.72. The summed E-state index contributed by atoms with van der Waals surface area (Å²) in [6.07, 6.45) is 6.78. The van der Waals surface area contributed by atoms with E-state index in [4.69, 9.17) is 23.4 Å². The minimum Gasteiger partial charge on any atom is -0.451 e. The van der Waals surface area contributed by atoms with Crippen molar-refractivity contribution in [3.63, 3.8) is 0 Å². The maximum atomic E-state index is 12.6. The number of piperidine rings is 1. The average molecular weight is 390 g/mol. The van der Waals surface area contributed by atoms with E-state index in [1.165, 1.54) is 12.7 Å². The van der Waals surface area contributed by atoms with Gasteiger partial charge in [-0.1, -0.05) is 5.16 Å². The van der Waals surface area contributed by atoms with Crippen molar-refractivity contribution >= 4 is 5.91 Å². The molecule has 0 N–H and O–H groups in total. The highest BCUT2D eigenvalue weighted by molar-refractivity contribution is 5.91. The molecule has 2 saturated heterocycles. The number of carbonyl (C=O) groups excluding carboxylic acids is 1. The standard InChI is InChI=1S/C19H26N4O5/c1-25-11-6-19(18-21-16(28-22-18)14-2-9-26-10-3-14)4-7-23(8-5-19)17(24)15-12-27-13-20-15/h12-14H,2-11H2,1H3. The van der Waals surface area contributed by atoms with Crippen LogP contribution in [-0.2, 0) is 14.9 Å². The van der Waals surface area contributed by atoms with Gasteiger partial charge in [-0.25, -0.2) is 4.98 Å². The Labute approximate surface area is 163 Å². The number of oxazole rings is 1. The number of carbonyl (C=O) groups is 1. The zero-order chi connectivity index (χ0) is 19.4. The first-order valence-corrected chi connectivity index (χ1v) is 9.80. The maximum absolute atomic E-state index is 12.6. The number of hydrogen-bond donors (Lipinski definition) is 0. The lowest BCUT2D eigenvalue weighted by atomic mass is 9.75. The van der Waals surface area contributed by atoms with Gasteiger partial charge in [0.2, 0.25) is 5.89 Å². The molecule has 9 heteroatoms. The van der Waals surface area contributed by atoms with E-state index in [0.29, 0.717) is 31.3 Å². The van der Waals surface area contributed by atoms with Crippen molar-refractivity contribution in [3.05, 3.63) is 30.1 Å². The predicted molar refractivity (Wildman–Crippen MR) is 96.9 cm³/mol. The molecule has 2 aliphatic heterocycles. The Morgan fingerprint density at radius 2 is 2.11 bits per heavy atom. The van der Waals surface area contributed by atoms with Crippen molar-refractivity contribution in [1.29, 1.82) is 0 Å². The van der Waals surface area contributed by atoms with Gasteiger partial charge in [-0.2, -0.15) is 4.98 Å². The van der Waals surface area contributed by atoms with Crippen LogP contribution in [0.25, 0.3) is 0 Å². The number of rotatable bonds is 6. The van der Waals surface area contributed by atoms with Crippen molar-refractivity contribution in [2.45, 2.75) is 43.4 Å². The summed E-state index contributed by atoms with van der Waals surface area (Å²) < 4.78 is 21.3. The van der Waals surface area contributed by atoms with E-state index in [0.717, 1.165) is 51.1 Å². The third-order valence-electron chi connectivity index (χ3n) is 5.93. The zero-order valence-electron chi connectivity index (χ0n) is 16.1. The molecular formula is C19H26N4O5. The summed E-state index contributed by atoms with van der Waals surface area (Å²) in [5.74, 6) is 1.60. The minimum atomic E-state index is -0.246. The number of nitrogens with zero attached hydrogens (tertiary/aromatic N) is 4. The van der Waals surface area contributed by atoms with Crippen molar-refractivity contribution in [2.75, 3.05) is 40.0 Å². The first kappa shape index (κ1) is 19.1. The van der Waals surface area contributed by atoms with E-state index >= 15 is 0 Å². The van der Waals surface area contributed by atoms with Gasteiger partial charge >= 0.3 is 0 Å². The largest absolute Gasteiger partial charge is 0.451 e. The lowest BCUT2D eigenvalue weighted by Gasteiger charge is -2.39. The van der Waals surface area contributed by atoms with Gasteiger partial charge in [-0.15, -0.1) is 0 Å². The molecule has 9 nitrogen and oxygen atoms in total. The van der Waals surface area contributed by atoms with Crippen molar-refractivity contribution in [1.82, 2.24) is 20.0 Å². The highest BCUT2D eigenvalue weighted by Gasteiger charge is 2.42. The van der Waals surface area contributed by atoms with Crippen molar-refractivity contribution < 1.29 is 23.2 Å². The second-order valence-electron chi connectivity index (χ2n) is 7.53. The molecule has 0 aliphatic carbocycles. The molecule has 2 aromatic heterocycles. The Hall–Kier alpha value is -2.26. The normalized spacial score (nSPS) is 20.4. The van der Waals surface area contributed by atoms with Crippen LogP contribution in [0.2, 0.25) is 0 Å². The second-order valence-corrected chi connectivity index (χ2v) is 7.53. The van der Waals surface area contributed by atoms with Crippen LogP contribution in [0.5, 0.6) is 0 Å². The molecule has 2 aliphatic rings. The Balaban J connectivity index is 1.48. The van der Waals surface area contributed by atoms with Crippen molar-refractivity contribution in [3.8, 4) is 0 Å². The molecule has 4 heterocycles. The molecule has 0 unspecified atom stereocenters. The van der Waals surface area contributed by atoms with Crippen LogP contribution in [-0.4, -0.2) is 66.0 Å². The fraction of sp³-hybridized carbons (Fsp3) is 0.684. The number of methoxy groups -OCH3 is 1. The minimum absolute atomic E-state index is 0.106. The van der Waals surface area contributed by atoms with E-state index in [9.17, 15) is 4.79 Å². The molecule has 2 fully saturated rings. The number of aromatic nitrogens is 3. The fourth-order valence-corrected chi connectivity index (χ4v) is 4.06. The zero-order valence-corrected chi connectivity index (χ0v) is 16.1. The van der Waals surface area contributed by atoms with Gasteiger partial charge in [0.25, 0.3) is 5.91 Å². The molecule has 2 aromatic rings. The van der Waals surface area contributed by atoms with Gasteiger partial charge in [0, 0.05) is 51.4 Å². The topological polar surface area (TPSA) is 104 Å². The number of amides is 1. The summed E-state index contributed by atoms with van der Waals surface area (Å²) in [6, 6.07) is 0. The van der Waals surface area contributed by atoms with Crippen LogP contribution in [0.3, 0.4) is 0 Å². The molecule has 28 heavy (non-hydrogen) atoms. The van der Waals surface area contributed by atoms with Crippen LogP contribution in [0.4, 0.5) is 0 Å². The lowest BCUT2D eigenvalue weighted by Crippen LogP contribution is -2.46. The number of likely N-dealkylation sites (tertiary alicyclic amines) is 1. The molecular weight excluding hydrogens is 364 g/mol. The lowest BCUT2D eigenvalue weighted by molar-refractivity contribution is 0.0610. The number of hydrogen-bond acceptors (Lipinski definition) is 8. The summed E-state index contributed by atoms with van der Waals surface area (Å²) in [5, 5.41) is 4.35. The SMILES string of the molecule is COCCC1(c2noc(C3CCOCC3)n2)CCN(C(=O)c2cocn2)CC1. The Bertz CT molecular complexity index is 761. The van der Waals surface area contributed by atoms with Crippen LogP contribution < -0.4 is 0 Å². The fourth-order valence-electron chi connectivity index (χ4n) is 4.06. The second kappa shape index (κ2) is 8.40. The molecule has 0 bridgehead atoms. The summed E-state index contributed by atoms with van der Waals surface area (Å²) in [6.45, 7) is 3.29. The van der Waals surface area contributed by atoms with Crippen LogP contribution >= 0.6 is 0 Å². The van der Waals surface area contributed by atoms with Crippen molar-refractivity contribution in [2.24, 2.45) is 0 Å². The first-order chi connectivity index (χ1) is 13.7. The average Bonchev–Trinajstić information content (AvgIpc) is 3.45. The van der Waals surface area contributed by atoms with Crippen LogP contribution in [0.1, 0.15) is 60.2 Å². The monoisotopic (exact) mass is 390 g/mol. The third kappa shape index (κ3) is 3.81. The first-order valence-electron chi connectivity index (χ1n) is 9.80. The maximum Gasteiger partial charge on any atom is 0.275 e. The summed E-state index contributed by atoms with van der Waals surface area (Å²) >= 11 is 0. The molecule has 1 amide bonds. The smallest absolute Gasteiger partial charge is 0.275 e. The van der Waals surface area contributed by atoms with Gasteiger partial charge in [-0.05, 0) is 32.1 Å². The molecule has 0 aromatic carbocycles. The third-order valence-corrected chi connectivity index (χ3v) is 5.93. The van der Waals surface area contributed by atoms with Gasteiger partial charge in [0.1, 0.15) is 6.26 Å². The molecule has 0 radical (unpaired) electrons. The van der Waals surface area contributed by atoms with E-state index in [1.54, 1.807) is 7.11 Å². The highest BCUT2D eigenvalue weighted by Crippen LogP contribution is 2.38. The Morgan fingerprint density at radius 3 is 2.79 bits per heavy atom. The van der Waals surface area contributed by atoms with Crippen LogP contribution in [0, 0.1) is 0 Å². The van der Waals surface area contributed by atoms with E-state index < -0.39 is 0 Å². The quantitative estimate of drug-likeness (QED) is 0.739. The van der Waals surface area contributed by atoms with Gasteiger partial charge in [-0.3, -0.25) is 4.79 Å². The Morgan fingerprint density at radius 1 is 1.32 bits per heavy atom. The van der Waals surface area contributed by atoms with E-state index in [-0.39, 0.29) is 17.2 Å². The molecule has 0 saturated carbocycles. The summed E-state index contributed by atoms with van der Waals surface area (Å²) in [5.41, 5.74) is 0.0922. The molecule has 0 atom stereocenters. The highest BCUT2D eigenvalue weighted by atomic mass is 16.5. The van der Waals surface area contributed by atoms with E-state index in [2.05, 4.69) is 10.1 Å². The predicted octanol–water partition coefficient (Wildman–Crippen LogP) is 2.16. The number of ether oxygens (including phenoxy) is 2. The molecule has 4 rings (SSSR count). The van der Waals surface area contributed by atoms with Gasteiger partial charge in [0.05, 0.1) is 0 Å². The van der Waals surface area contributed by atoms with E-state index in [1.807, 2.05) is 4.90 Å². The molecule has 0 spiro atoms. The van der Waals surface area contributed by atoms with Gasteiger partial charge < -0.3 is 23.3 Å². The van der Waals surface area contributed by atoms with Crippen LogP contribution in [0.15, 0.2) is 21.6 Å². The summed E-state index contributed by atoms with van der Waals surface area (Å²) in [4.78, 5) is 23.1. The summed E-state index contributed by atoms with van der Waals surface area (Å²) in [7, 11) is 1.70.